The maximum Gasteiger partial charge on any atom is 0.309 e. The summed E-state index contributed by atoms with van der Waals surface area (Å²) in [6.07, 6.45) is 0.859. The van der Waals surface area contributed by atoms with E-state index in [4.69, 9.17) is 14.2 Å². The van der Waals surface area contributed by atoms with E-state index < -0.39 is 0 Å². The van der Waals surface area contributed by atoms with Gasteiger partial charge >= 0.3 is 5.97 Å². The summed E-state index contributed by atoms with van der Waals surface area (Å²) in [4.78, 5) is 23.1. The highest BCUT2D eigenvalue weighted by Gasteiger charge is 2.40. The van der Waals surface area contributed by atoms with Crippen LogP contribution in [0.15, 0.2) is 18.2 Å². The number of carbonyl (C=O) groups is 2. The first-order chi connectivity index (χ1) is 10.1. The fourth-order valence-corrected chi connectivity index (χ4v) is 2.20. The Hall–Kier alpha value is -2.24. The van der Waals surface area contributed by atoms with Crippen LogP contribution < -0.4 is 14.8 Å². The lowest BCUT2D eigenvalue weighted by molar-refractivity contribution is -0.150. The van der Waals surface area contributed by atoms with Crippen LogP contribution in [0.1, 0.15) is 18.9 Å². The Morgan fingerprint density at radius 3 is 2.86 bits per heavy atom. The molecule has 1 aliphatic heterocycles. The van der Waals surface area contributed by atoms with Crippen LogP contribution in [0.4, 0.5) is 0 Å². The molecule has 112 valence electrons. The van der Waals surface area contributed by atoms with Gasteiger partial charge in [0, 0.05) is 6.54 Å². The minimum Gasteiger partial charge on any atom is -0.455 e. The minimum absolute atomic E-state index is 0.0216. The lowest BCUT2D eigenvalue weighted by Crippen LogP contribution is -2.28. The molecule has 21 heavy (non-hydrogen) atoms. The third-order valence-electron chi connectivity index (χ3n) is 3.68. The van der Waals surface area contributed by atoms with Crippen LogP contribution in [-0.4, -0.2) is 25.3 Å². The SMILES string of the molecule is CC1CC1C(=O)OCC(=O)NCc1ccc2c(c1)OCO2. The van der Waals surface area contributed by atoms with Crippen molar-refractivity contribution in [3.05, 3.63) is 23.8 Å². The Kier molecular flexibility index (Phi) is 3.68. The number of rotatable bonds is 5. The van der Waals surface area contributed by atoms with Crippen LogP contribution in [0, 0.1) is 11.8 Å². The number of ether oxygens (including phenoxy) is 3. The van der Waals surface area contributed by atoms with E-state index in [-0.39, 0.29) is 31.2 Å². The summed E-state index contributed by atoms with van der Waals surface area (Å²) in [6.45, 7) is 2.34. The molecule has 0 bridgehead atoms. The van der Waals surface area contributed by atoms with Crippen molar-refractivity contribution in [2.75, 3.05) is 13.4 Å². The zero-order valence-electron chi connectivity index (χ0n) is 11.8. The van der Waals surface area contributed by atoms with Gasteiger partial charge in [0.15, 0.2) is 18.1 Å². The minimum atomic E-state index is -0.311. The molecule has 1 aromatic rings. The van der Waals surface area contributed by atoms with Crippen molar-refractivity contribution in [1.29, 1.82) is 0 Å². The van der Waals surface area contributed by atoms with Crippen molar-refractivity contribution in [3.63, 3.8) is 0 Å². The lowest BCUT2D eigenvalue weighted by Gasteiger charge is -2.07. The summed E-state index contributed by atoms with van der Waals surface area (Å²) in [6, 6.07) is 5.48. The van der Waals surface area contributed by atoms with Gasteiger partial charge in [0.1, 0.15) is 0 Å². The van der Waals surface area contributed by atoms with Gasteiger partial charge in [0.2, 0.25) is 6.79 Å². The van der Waals surface area contributed by atoms with Crippen LogP contribution in [0.25, 0.3) is 0 Å². The normalized spacial score (nSPS) is 21.8. The molecule has 1 saturated carbocycles. The molecule has 6 nitrogen and oxygen atoms in total. The van der Waals surface area contributed by atoms with Crippen LogP contribution >= 0.6 is 0 Å². The number of nitrogens with one attached hydrogen (secondary N) is 1. The molecule has 0 aromatic heterocycles. The van der Waals surface area contributed by atoms with Gasteiger partial charge in [-0.3, -0.25) is 9.59 Å². The highest BCUT2D eigenvalue weighted by molar-refractivity contribution is 5.82. The summed E-state index contributed by atoms with van der Waals surface area (Å²) in [5, 5.41) is 2.70. The van der Waals surface area contributed by atoms with E-state index in [0.717, 1.165) is 12.0 Å². The first-order valence-electron chi connectivity index (χ1n) is 6.95. The van der Waals surface area contributed by atoms with E-state index in [9.17, 15) is 9.59 Å². The van der Waals surface area contributed by atoms with Crippen molar-refractivity contribution in [3.8, 4) is 11.5 Å². The molecule has 0 radical (unpaired) electrons. The number of benzene rings is 1. The molecular weight excluding hydrogens is 274 g/mol. The van der Waals surface area contributed by atoms with Crippen LogP contribution in [0.3, 0.4) is 0 Å². The first-order valence-corrected chi connectivity index (χ1v) is 6.95. The molecule has 0 spiro atoms. The number of carbonyl (C=O) groups excluding carboxylic acids is 2. The summed E-state index contributed by atoms with van der Waals surface area (Å²) in [5.74, 6) is 1.16. The molecule has 1 heterocycles. The van der Waals surface area contributed by atoms with E-state index in [0.29, 0.717) is 24.0 Å². The van der Waals surface area contributed by atoms with Gasteiger partial charge in [-0.1, -0.05) is 13.0 Å². The fraction of sp³-hybridized carbons (Fsp3) is 0.467. The molecule has 3 rings (SSSR count). The number of fused-ring (bicyclic) bond motifs is 1. The average molecular weight is 291 g/mol. The van der Waals surface area contributed by atoms with E-state index in [1.165, 1.54) is 0 Å². The fourth-order valence-electron chi connectivity index (χ4n) is 2.20. The van der Waals surface area contributed by atoms with Crippen molar-refractivity contribution >= 4 is 11.9 Å². The van der Waals surface area contributed by atoms with Crippen molar-refractivity contribution in [2.45, 2.75) is 19.9 Å². The van der Waals surface area contributed by atoms with Crippen molar-refractivity contribution in [1.82, 2.24) is 5.32 Å². The van der Waals surface area contributed by atoms with E-state index in [2.05, 4.69) is 5.32 Å². The lowest BCUT2D eigenvalue weighted by atomic mass is 10.2. The summed E-state index contributed by atoms with van der Waals surface area (Å²) < 4.78 is 15.4. The Bertz CT molecular complexity index is 571. The third kappa shape index (κ3) is 3.26. The Morgan fingerprint density at radius 2 is 2.10 bits per heavy atom. The largest absolute Gasteiger partial charge is 0.455 e. The Labute approximate surface area is 122 Å². The molecule has 6 heteroatoms. The highest BCUT2D eigenvalue weighted by Crippen LogP contribution is 2.38. The van der Waals surface area contributed by atoms with Gasteiger partial charge in [0.05, 0.1) is 5.92 Å². The summed E-state index contributed by atoms with van der Waals surface area (Å²) in [5.41, 5.74) is 0.898. The number of hydrogen-bond donors (Lipinski definition) is 1. The van der Waals surface area contributed by atoms with Crippen LogP contribution in [0.2, 0.25) is 0 Å². The number of amides is 1. The average Bonchev–Trinajstić information content (AvgIpc) is 3.03. The quantitative estimate of drug-likeness (QED) is 0.826. The first kappa shape index (κ1) is 13.7. The second-order valence-electron chi connectivity index (χ2n) is 5.39. The predicted octanol–water partition coefficient (Wildman–Crippen LogP) is 1.23. The van der Waals surface area contributed by atoms with E-state index in [1.807, 2.05) is 19.1 Å². The number of hydrogen-bond acceptors (Lipinski definition) is 5. The predicted molar refractivity (Wildman–Crippen MR) is 72.6 cm³/mol. The van der Waals surface area contributed by atoms with Crippen molar-refractivity contribution in [2.24, 2.45) is 11.8 Å². The van der Waals surface area contributed by atoms with Crippen molar-refractivity contribution < 1.29 is 23.8 Å². The van der Waals surface area contributed by atoms with Gasteiger partial charge in [-0.05, 0) is 30.0 Å². The van der Waals surface area contributed by atoms with Gasteiger partial charge in [0.25, 0.3) is 5.91 Å². The highest BCUT2D eigenvalue weighted by atomic mass is 16.7. The molecule has 2 unspecified atom stereocenters. The van der Waals surface area contributed by atoms with Gasteiger partial charge < -0.3 is 19.5 Å². The molecule has 1 aromatic carbocycles. The molecule has 1 amide bonds. The second-order valence-corrected chi connectivity index (χ2v) is 5.39. The van der Waals surface area contributed by atoms with Crippen LogP contribution in [-0.2, 0) is 20.9 Å². The maximum absolute atomic E-state index is 11.6. The van der Waals surface area contributed by atoms with Gasteiger partial charge in [-0.2, -0.15) is 0 Å². The Morgan fingerprint density at radius 1 is 1.33 bits per heavy atom. The second kappa shape index (κ2) is 5.63. The van der Waals surface area contributed by atoms with Gasteiger partial charge in [-0.15, -0.1) is 0 Å². The third-order valence-corrected chi connectivity index (χ3v) is 3.68. The van der Waals surface area contributed by atoms with E-state index in [1.54, 1.807) is 6.07 Å². The standard InChI is InChI=1S/C15H17NO5/c1-9-4-11(9)15(18)19-7-14(17)16-6-10-2-3-12-13(5-10)21-8-20-12/h2-3,5,9,11H,4,6-8H2,1H3,(H,16,17). The molecule has 1 N–H and O–H groups in total. The summed E-state index contributed by atoms with van der Waals surface area (Å²) in [7, 11) is 0. The number of esters is 1. The molecule has 2 atom stereocenters. The molecule has 2 aliphatic rings. The zero-order chi connectivity index (χ0) is 14.8. The Balaban J connectivity index is 1.42. The molecule has 1 fully saturated rings. The van der Waals surface area contributed by atoms with Gasteiger partial charge in [-0.25, -0.2) is 0 Å². The summed E-state index contributed by atoms with van der Waals surface area (Å²) >= 11 is 0. The van der Waals surface area contributed by atoms with E-state index >= 15 is 0 Å². The maximum atomic E-state index is 11.6. The topological polar surface area (TPSA) is 73.9 Å². The molecular formula is C15H17NO5. The smallest absolute Gasteiger partial charge is 0.309 e. The molecule has 1 aliphatic carbocycles. The van der Waals surface area contributed by atoms with Crippen LogP contribution in [0.5, 0.6) is 11.5 Å². The monoisotopic (exact) mass is 291 g/mol. The zero-order valence-corrected chi connectivity index (χ0v) is 11.8. The molecule has 0 saturated heterocycles.